The Bertz CT molecular complexity index is 1400. The first-order chi connectivity index (χ1) is 18.5. The topological polar surface area (TPSA) is 109 Å². The first-order valence-corrected chi connectivity index (χ1v) is 12.7. The van der Waals surface area contributed by atoms with Crippen molar-refractivity contribution >= 4 is 40.8 Å². The molecular weight excluding hydrogens is 527 g/mol. The summed E-state index contributed by atoms with van der Waals surface area (Å²) < 4.78 is 1.66. The predicted octanol–water partition coefficient (Wildman–Crippen LogP) is 3.40. The van der Waals surface area contributed by atoms with Gasteiger partial charge in [0.2, 0.25) is 11.9 Å². The van der Waals surface area contributed by atoms with Crippen LogP contribution in [0, 0.1) is 0 Å². The van der Waals surface area contributed by atoms with Gasteiger partial charge >= 0.3 is 0 Å². The Morgan fingerprint density at radius 3 is 2.61 bits per heavy atom. The monoisotopic (exact) mass is 550 g/mol. The van der Waals surface area contributed by atoms with Crippen LogP contribution in [-0.2, 0) is 11.3 Å². The minimum absolute atomic E-state index is 0.140. The number of piperazine rings is 1. The highest BCUT2D eigenvalue weighted by Crippen LogP contribution is 2.25. The van der Waals surface area contributed by atoms with Crippen LogP contribution in [0.25, 0.3) is 5.95 Å². The normalized spacial score (nSPS) is 15.4. The molecule has 1 N–H and O–H groups in total. The summed E-state index contributed by atoms with van der Waals surface area (Å²) in [6.45, 7) is 1.56. The lowest BCUT2D eigenvalue weighted by Gasteiger charge is -2.42. The van der Waals surface area contributed by atoms with Crippen molar-refractivity contribution in [3.05, 3.63) is 94.9 Å². The molecule has 1 aromatic carbocycles. The van der Waals surface area contributed by atoms with Crippen molar-refractivity contribution in [3.63, 3.8) is 0 Å². The zero-order valence-electron chi connectivity index (χ0n) is 20.2. The highest BCUT2D eigenvalue weighted by Gasteiger charge is 2.33. The standard InChI is InChI=1S/C26H24Cl2N8O2/c27-19-6-4-18(5-7-19)15-31-24(37)13-20-16-34(25(38)21-3-1-2-8-30-21)11-12-36(20)23-14-22(28)32-26(33-23)35-10-9-29-17-35/h1-10,14,17,20H,11-13,15-16H2,(H,31,37). The molecule has 4 aromatic rings. The molecule has 0 aliphatic carbocycles. The van der Waals surface area contributed by atoms with E-state index in [2.05, 4.69) is 25.3 Å². The highest BCUT2D eigenvalue weighted by atomic mass is 35.5. The Balaban J connectivity index is 1.37. The van der Waals surface area contributed by atoms with E-state index < -0.39 is 0 Å². The Morgan fingerprint density at radius 1 is 1.03 bits per heavy atom. The number of halogens is 2. The largest absolute Gasteiger partial charge is 0.352 e. The Kier molecular flexibility index (Phi) is 7.81. The fourth-order valence-corrected chi connectivity index (χ4v) is 4.59. The van der Waals surface area contributed by atoms with Crippen LogP contribution in [0.1, 0.15) is 22.5 Å². The number of nitrogens with one attached hydrogen (secondary N) is 1. The third kappa shape index (κ3) is 6.09. The molecule has 0 spiro atoms. The number of hydrogen-bond acceptors (Lipinski definition) is 7. The van der Waals surface area contributed by atoms with Gasteiger partial charge in [0.25, 0.3) is 5.91 Å². The molecule has 5 rings (SSSR count). The maximum atomic E-state index is 13.2. The van der Waals surface area contributed by atoms with Gasteiger partial charge in [0, 0.05) is 62.3 Å². The second kappa shape index (κ2) is 11.6. The number of aromatic nitrogens is 5. The molecule has 1 fully saturated rings. The van der Waals surface area contributed by atoms with E-state index in [9.17, 15) is 9.59 Å². The number of carbonyl (C=O) groups is 2. The number of nitrogens with zero attached hydrogens (tertiary/aromatic N) is 7. The van der Waals surface area contributed by atoms with Crippen LogP contribution < -0.4 is 10.2 Å². The average molecular weight is 551 g/mol. The van der Waals surface area contributed by atoms with Crippen molar-refractivity contribution in [2.24, 2.45) is 0 Å². The number of hydrogen-bond donors (Lipinski definition) is 1. The molecule has 1 aliphatic heterocycles. The highest BCUT2D eigenvalue weighted by molar-refractivity contribution is 6.30. The van der Waals surface area contributed by atoms with Gasteiger partial charge in [-0.1, -0.05) is 41.4 Å². The van der Waals surface area contributed by atoms with Crippen molar-refractivity contribution in [2.75, 3.05) is 24.5 Å². The molecule has 0 radical (unpaired) electrons. The second-order valence-corrected chi connectivity index (χ2v) is 9.56. The summed E-state index contributed by atoms with van der Waals surface area (Å²) in [6.07, 6.45) is 6.66. The molecule has 3 aromatic heterocycles. The summed E-state index contributed by atoms with van der Waals surface area (Å²) in [5, 5.41) is 3.86. The number of pyridine rings is 1. The fourth-order valence-electron chi connectivity index (χ4n) is 4.29. The predicted molar refractivity (Wildman–Crippen MR) is 143 cm³/mol. The van der Waals surface area contributed by atoms with Crippen molar-refractivity contribution in [2.45, 2.75) is 19.0 Å². The van der Waals surface area contributed by atoms with Gasteiger partial charge in [0.1, 0.15) is 23.0 Å². The number of anilines is 1. The Hall–Kier alpha value is -4.02. The van der Waals surface area contributed by atoms with Crippen LogP contribution in [0.4, 0.5) is 5.82 Å². The molecule has 2 amide bonds. The molecule has 1 saturated heterocycles. The summed E-state index contributed by atoms with van der Waals surface area (Å²) in [7, 11) is 0. The van der Waals surface area contributed by atoms with E-state index in [1.54, 1.807) is 70.8 Å². The van der Waals surface area contributed by atoms with Gasteiger partial charge in [-0.05, 0) is 29.8 Å². The molecule has 12 heteroatoms. The zero-order chi connectivity index (χ0) is 26.5. The summed E-state index contributed by atoms with van der Waals surface area (Å²) in [4.78, 5) is 47.1. The van der Waals surface area contributed by atoms with E-state index >= 15 is 0 Å². The van der Waals surface area contributed by atoms with Gasteiger partial charge < -0.3 is 15.1 Å². The quantitative estimate of drug-likeness (QED) is 0.351. The first-order valence-electron chi connectivity index (χ1n) is 12.0. The van der Waals surface area contributed by atoms with Crippen molar-refractivity contribution in [1.82, 2.24) is 34.7 Å². The summed E-state index contributed by atoms with van der Waals surface area (Å²) in [6, 6.07) is 13.8. The lowest BCUT2D eigenvalue weighted by atomic mass is 10.1. The molecule has 0 bridgehead atoms. The van der Waals surface area contributed by atoms with Crippen LogP contribution in [-0.4, -0.2) is 66.9 Å². The van der Waals surface area contributed by atoms with E-state index in [4.69, 9.17) is 23.2 Å². The van der Waals surface area contributed by atoms with Crippen LogP contribution in [0.3, 0.4) is 0 Å². The fraction of sp³-hybridized carbons (Fsp3) is 0.231. The lowest BCUT2D eigenvalue weighted by Crippen LogP contribution is -2.56. The van der Waals surface area contributed by atoms with Crippen LogP contribution in [0.5, 0.6) is 0 Å². The molecule has 10 nitrogen and oxygen atoms in total. The van der Waals surface area contributed by atoms with Crippen molar-refractivity contribution in [1.29, 1.82) is 0 Å². The minimum Gasteiger partial charge on any atom is -0.352 e. The van der Waals surface area contributed by atoms with Crippen molar-refractivity contribution < 1.29 is 9.59 Å². The Labute approximate surface area is 229 Å². The van der Waals surface area contributed by atoms with Gasteiger partial charge in [-0.2, -0.15) is 4.98 Å². The molecule has 1 unspecified atom stereocenters. The number of rotatable bonds is 7. The number of carbonyl (C=O) groups excluding carboxylic acids is 2. The molecule has 194 valence electrons. The summed E-state index contributed by atoms with van der Waals surface area (Å²) in [5.41, 5.74) is 1.29. The molecular formula is C26H24Cl2N8O2. The second-order valence-electron chi connectivity index (χ2n) is 8.74. The molecule has 38 heavy (non-hydrogen) atoms. The average Bonchev–Trinajstić information content (AvgIpc) is 3.48. The number of amides is 2. The van der Waals surface area contributed by atoms with E-state index in [0.717, 1.165) is 5.56 Å². The molecule has 1 atom stereocenters. The van der Waals surface area contributed by atoms with E-state index in [1.165, 1.54) is 0 Å². The van der Waals surface area contributed by atoms with Gasteiger partial charge in [0.15, 0.2) is 0 Å². The van der Waals surface area contributed by atoms with E-state index in [-0.39, 0.29) is 29.4 Å². The van der Waals surface area contributed by atoms with Gasteiger partial charge in [-0.3, -0.25) is 19.1 Å². The van der Waals surface area contributed by atoms with Crippen LogP contribution in [0.2, 0.25) is 10.2 Å². The van der Waals surface area contributed by atoms with E-state index in [1.807, 2.05) is 17.0 Å². The van der Waals surface area contributed by atoms with Gasteiger partial charge in [-0.15, -0.1) is 0 Å². The third-order valence-corrected chi connectivity index (χ3v) is 6.62. The summed E-state index contributed by atoms with van der Waals surface area (Å²) >= 11 is 12.3. The third-order valence-electron chi connectivity index (χ3n) is 6.18. The molecule has 0 saturated carbocycles. The number of imidazole rings is 1. The summed E-state index contributed by atoms with van der Waals surface area (Å²) in [5.74, 6) is 0.589. The SMILES string of the molecule is O=C(CC1CN(C(=O)c2ccccn2)CCN1c1cc(Cl)nc(-n2ccnc2)n1)NCc1ccc(Cl)cc1. The maximum absolute atomic E-state index is 13.2. The van der Waals surface area contributed by atoms with E-state index in [0.29, 0.717) is 48.7 Å². The maximum Gasteiger partial charge on any atom is 0.272 e. The van der Waals surface area contributed by atoms with Crippen LogP contribution >= 0.6 is 23.2 Å². The van der Waals surface area contributed by atoms with Crippen molar-refractivity contribution in [3.8, 4) is 5.95 Å². The molecule has 4 heterocycles. The van der Waals surface area contributed by atoms with Crippen LogP contribution in [0.15, 0.2) is 73.4 Å². The number of benzene rings is 1. The first kappa shape index (κ1) is 25.6. The zero-order valence-corrected chi connectivity index (χ0v) is 21.8. The van der Waals surface area contributed by atoms with Gasteiger partial charge in [-0.25, -0.2) is 9.97 Å². The lowest BCUT2D eigenvalue weighted by molar-refractivity contribution is -0.121. The van der Waals surface area contributed by atoms with Gasteiger partial charge in [0.05, 0.1) is 6.04 Å². The minimum atomic E-state index is -0.358. The molecule has 1 aliphatic rings. The Morgan fingerprint density at radius 2 is 1.87 bits per heavy atom. The smallest absolute Gasteiger partial charge is 0.272 e.